The van der Waals surface area contributed by atoms with Crippen molar-refractivity contribution in [3.8, 4) is 0 Å². The lowest BCUT2D eigenvalue weighted by Crippen LogP contribution is -1.77. The Hall–Kier alpha value is -0.540. The SMILES string of the molecule is NSc1ccncc1. The molecular formula is C5H6N2S. The lowest BCUT2D eigenvalue weighted by atomic mass is 10.5. The minimum Gasteiger partial charge on any atom is -0.274 e. The number of nitrogens with zero attached hydrogens (tertiary/aromatic N) is 1. The minimum absolute atomic E-state index is 1.04. The van der Waals surface area contributed by atoms with Crippen molar-refractivity contribution in [2.45, 2.75) is 4.90 Å². The molecule has 0 saturated carbocycles. The van der Waals surface area contributed by atoms with E-state index in [-0.39, 0.29) is 0 Å². The maximum absolute atomic E-state index is 5.24. The van der Waals surface area contributed by atoms with Gasteiger partial charge >= 0.3 is 0 Å². The summed E-state index contributed by atoms with van der Waals surface area (Å²) in [4.78, 5) is 4.87. The Bertz CT molecular complexity index is 152. The van der Waals surface area contributed by atoms with Crippen LogP contribution in [0.3, 0.4) is 0 Å². The molecule has 0 amide bonds. The number of hydrogen-bond acceptors (Lipinski definition) is 3. The number of rotatable bonds is 1. The van der Waals surface area contributed by atoms with Crippen LogP contribution in [0.15, 0.2) is 29.4 Å². The summed E-state index contributed by atoms with van der Waals surface area (Å²) in [6.45, 7) is 0. The van der Waals surface area contributed by atoms with Crippen molar-refractivity contribution in [3.05, 3.63) is 24.5 Å². The molecule has 8 heavy (non-hydrogen) atoms. The highest BCUT2D eigenvalue weighted by Gasteiger charge is 1.82. The van der Waals surface area contributed by atoms with Gasteiger partial charge in [-0.3, -0.25) is 10.1 Å². The Morgan fingerprint density at radius 2 is 2.00 bits per heavy atom. The van der Waals surface area contributed by atoms with Gasteiger partial charge < -0.3 is 0 Å². The van der Waals surface area contributed by atoms with Gasteiger partial charge in [-0.05, 0) is 24.1 Å². The Balaban J connectivity index is 2.83. The zero-order valence-corrected chi connectivity index (χ0v) is 5.06. The van der Waals surface area contributed by atoms with Gasteiger partial charge in [-0.15, -0.1) is 0 Å². The molecule has 0 saturated heterocycles. The fraction of sp³-hybridized carbons (Fsp3) is 0. The molecule has 42 valence electrons. The summed E-state index contributed by atoms with van der Waals surface area (Å²) in [7, 11) is 0. The van der Waals surface area contributed by atoms with E-state index in [0.717, 1.165) is 4.90 Å². The van der Waals surface area contributed by atoms with E-state index in [4.69, 9.17) is 5.14 Å². The van der Waals surface area contributed by atoms with E-state index in [0.29, 0.717) is 0 Å². The molecule has 1 rings (SSSR count). The van der Waals surface area contributed by atoms with Crippen LogP contribution in [0.4, 0.5) is 0 Å². The van der Waals surface area contributed by atoms with Crippen LogP contribution in [0.25, 0.3) is 0 Å². The van der Waals surface area contributed by atoms with Crippen LogP contribution in [0, 0.1) is 0 Å². The molecule has 1 heterocycles. The predicted molar refractivity (Wildman–Crippen MR) is 34.3 cm³/mol. The summed E-state index contributed by atoms with van der Waals surface area (Å²) in [6.07, 6.45) is 3.43. The fourth-order valence-electron chi connectivity index (χ4n) is 0.417. The van der Waals surface area contributed by atoms with Gasteiger partial charge in [0.2, 0.25) is 0 Å². The first-order valence-corrected chi connectivity index (χ1v) is 3.08. The first-order chi connectivity index (χ1) is 3.93. The van der Waals surface area contributed by atoms with Gasteiger partial charge in [-0.25, -0.2) is 0 Å². The fourth-order valence-corrected chi connectivity index (χ4v) is 0.696. The highest BCUT2D eigenvalue weighted by atomic mass is 32.2. The Labute approximate surface area is 52.2 Å². The van der Waals surface area contributed by atoms with Crippen LogP contribution in [0.1, 0.15) is 0 Å². The molecule has 0 unspecified atom stereocenters. The van der Waals surface area contributed by atoms with Crippen LogP contribution in [-0.4, -0.2) is 4.98 Å². The van der Waals surface area contributed by atoms with Crippen molar-refractivity contribution < 1.29 is 0 Å². The monoisotopic (exact) mass is 126 g/mol. The van der Waals surface area contributed by atoms with E-state index in [2.05, 4.69) is 4.98 Å². The second-order valence-electron chi connectivity index (χ2n) is 1.30. The summed E-state index contributed by atoms with van der Waals surface area (Å²) >= 11 is 1.23. The topological polar surface area (TPSA) is 38.9 Å². The molecule has 0 aliphatic carbocycles. The first kappa shape index (κ1) is 5.59. The number of hydrogen-bond donors (Lipinski definition) is 1. The Morgan fingerprint density at radius 1 is 1.38 bits per heavy atom. The van der Waals surface area contributed by atoms with Crippen molar-refractivity contribution in [1.82, 2.24) is 4.98 Å². The van der Waals surface area contributed by atoms with Crippen LogP contribution in [0.2, 0.25) is 0 Å². The molecule has 0 spiro atoms. The van der Waals surface area contributed by atoms with Crippen LogP contribution < -0.4 is 5.14 Å². The van der Waals surface area contributed by atoms with Crippen molar-refractivity contribution in [2.24, 2.45) is 5.14 Å². The normalized spacial score (nSPS) is 9.12. The molecule has 0 aliphatic heterocycles. The Kier molecular flexibility index (Phi) is 1.88. The number of nitrogens with two attached hydrogens (primary N) is 1. The maximum atomic E-state index is 5.24. The van der Waals surface area contributed by atoms with Gasteiger partial charge in [0.25, 0.3) is 0 Å². The quantitative estimate of drug-likeness (QED) is 0.571. The van der Waals surface area contributed by atoms with Gasteiger partial charge in [0.15, 0.2) is 0 Å². The summed E-state index contributed by atoms with van der Waals surface area (Å²) in [5.41, 5.74) is 0. The third kappa shape index (κ3) is 1.21. The van der Waals surface area contributed by atoms with E-state index >= 15 is 0 Å². The average molecular weight is 126 g/mol. The molecule has 0 radical (unpaired) electrons. The molecule has 0 atom stereocenters. The minimum atomic E-state index is 1.04. The highest BCUT2D eigenvalue weighted by molar-refractivity contribution is 7.97. The second kappa shape index (κ2) is 2.69. The molecule has 1 aromatic rings. The first-order valence-electron chi connectivity index (χ1n) is 2.20. The third-order valence-electron chi connectivity index (χ3n) is 0.786. The van der Waals surface area contributed by atoms with Crippen molar-refractivity contribution in [3.63, 3.8) is 0 Å². The lowest BCUT2D eigenvalue weighted by Gasteiger charge is -1.88. The zero-order chi connectivity index (χ0) is 5.82. The van der Waals surface area contributed by atoms with Crippen molar-refractivity contribution >= 4 is 11.9 Å². The van der Waals surface area contributed by atoms with Crippen LogP contribution in [0.5, 0.6) is 0 Å². The van der Waals surface area contributed by atoms with Gasteiger partial charge in [0.05, 0.1) is 0 Å². The smallest absolute Gasteiger partial charge is 0.0279 e. The standard InChI is InChI=1S/C5H6N2S/c6-8-5-1-3-7-4-2-5/h1-4H,6H2. The highest BCUT2D eigenvalue weighted by Crippen LogP contribution is 2.06. The van der Waals surface area contributed by atoms with Crippen LogP contribution in [-0.2, 0) is 0 Å². The van der Waals surface area contributed by atoms with E-state index in [1.165, 1.54) is 11.9 Å². The molecular weight excluding hydrogens is 120 g/mol. The zero-order valence-electron chi connectivity index (χ0n) is 4.24. The van der Waals surface area contributed by atoms with Gasteiger partial charge in [0.1, 0.15) is 0 Å². The second-order valence-corrected chi connectivity index (χ2v) is 2.01. The molecule has 0 aliphatic rings. The van der Waals surface area contributed by atoms with Gasteiger partial charge in [-0.1, -0.05) is 0 Å². The van der Waals surface area contributed by atoms with E-state index in [1.807, 2.05) is 12.1 Å². The van der Waals surface area contributed by atoms with Gasteiger partial charge in [-0.2, -0.15) is 0 Å². The van der Waals surface area contributed by atoms with Crippen LogP contribution >= 0.6 is 11.9 Å². The van der Waals surface area contributed by atoms with Gasteiger partial charge in [0, 0.05) is 17.3 Å². The number of pyridine rings is 1. The summed E-state index contributed by atoms with van der Waals surface area (Å²) < 4.78 is 0. The molecule has 0 aromatic carbocycles. The van der Waals surface area contributed by atoms with E-state index in [1.54, 1.807) is 12.4 Å². The molecule has 1 aromatic heterocycles. The van der Waals surface area contributed by atoms with E-state index in [9.17, 15) is 0 Å². The molecule has 2 N–H and O–H groups in total. The predicted octanol–water partition coefficient (Wildman–Crippen LogP) is 1.05. The van der Waals surface area contributed by atoms with Crippen molar-refractivity contribution in [1.29, 1.82) is 0 Å². The van der Waals surface area contributed by atoms with Crippen molar-refractivity contribution in [2.75, 3.05) is 0 Å². The molecule has 2 nitrogen and oxygen atoms in total. The summed E-state index contributed by atoms with van der Waals surface area (Å²) in [5.74, 6) is 0. The molecule has 3 heteroatoms. The van der Waals surface area contributed by atoms with E-state index < -0.39 is 0 Å². The number of aromatic nitrogens is 1. The maximum Gasteiger partial charge on any atom is 0.0279 e. The average Bonchev–Trinajstić information content (AvgIpc) is 1.90. The lowest BCUT2D eigenvalue weighted by molar-refractivity contribution is 1.26. The largest absolute Gasteiger partial charge is 0.274 e. The molecule has 0 fully saturated rings. The molecule has 0 bridgehead atoms. The summed E-state index contributed by atoms with van der Waals surface area (Å²) in [6, 6.07) is 3.73. The summed E-state index contributed by atoms with van der Waals surface area (Å²) in [5, 5.41) is 5.24. The third-order valence-corrected chi connectivity index (χ3v) is 1.33. The Morgan fingerprint density at radius 3 is 2.38 bits per heavy atom.